The molecule has 2 bridgehead atoms. The lowest BCUT2D eigenvalue weighted by molar-refractivity contribution is -0.941. The molecule has 0 saturated carbocycles. The summed E-state index contributed by atoms with van der Waals surface area (Å²) in [5.74, 6) is 0.505. The van der Waals surface area contributed by atoms with Gasteiger partial charge in [-0.2, -0.15) is 0 Å². The van der Waals surface area contributed by atoms with E-state index in [9.17, 15) is 4.79 Å². The molecule has 2 aromatic rings. The average molecular weight is 434 g/mol. The van der Waals surface area contributed by atoms with E-state index < -0.39 is 0 Å². The van der Waals surface area contributed by atoms with Gasteiger partial charge in [0.05, 0.1) is 19.6 Å². The molecule has 3 aliphatic heterocycles. The van der Waals surface area contributed by atoms with Gasteiger partial charge in [-0.25, -0.2) is 4.79 Å². The van der Waals surface area contributed by atoms with Crippen molar-refractivity contribution in [1.29, 1.82) is 0 Å². The minimum absolute atomic E-state index is 0.0208. The highest BCUT2D eigenvalue weighted by Crippen LogP contribution is 2.36. The van der Waals surface area contributed by atoms with E-state index in [1.54, 1.807) is 0 Å². The van der Waals surface area contributed by atoms with Crippen molar-refractivity contribution in [3.63, 3.8) is 0 Å². The van der Waals surface area contributed by atoms with E-state index in [1.165, 1.54) is 18.7 Å². The van der Waals surface area contributed by atoms with Crippen molar-refractivity contribution in [2.75, 3.05) is 37.6 Å². The van der Waals surface area contributed by atoms with Gasteiger partial charge in [0.25, 0.3) is 0 Å². The Kier molecular flexibility index (Phi) is 7.64. The van der Waals surface area contributed by atoms with Crippen LogP contribution < -0.4 is 4.90 Å². The Balaban J connectivity index is 1.40. The Morgan fingerprint density at radius 1 is 1.03 bits per heavy atom. The number of para-hydroxylation sites is 1. The summed E-state index contributed by atoms with van der Waals surface area (Å²) in [6.45, 7) is 7.23. The molecular formula is C28H37N2O2+. The van der Waals surface area contributed by atoms with Crippen LogP contribution in [-0.4, -0.2) is 49.4 Å². The van der Waals surface area contributed by atoms with Gasteiger partial charge in [-0.1, -0.05) is 74.4 Å². The monoisotopic (exact) mass is 433 g/mol. The molecule has 1 atom stereocenters. The lowest BCUT2D eigenvalue weighted by atomic mass is 9.83. The van der Waals surface area contributed by atoms with Crippen molar-refractivity contribution in [2.24, 2.45) is 5.92 Å². The zero-order chi connectivity index (χ0) is 22.2. The second-order valence-corrected chi connectivity index (χ2v) is 9.42. The number of carbonyl (C=O) groups excluding carboxylic acids is 1. The van der Waals surface area contributed by atoms with Crippen molar-refractivity contribution in [1.82, 2.24) is 0 Å². The molecule has 0 aromatic heterocycles. The maximum absolute atomic E-state index is 13.3. The molecule has 32 heavy (non-hydrogen) atoms. The van der Waals surface area contributed by atoms with Crippen molar-refractivity contribution in [3.8, 4) is 0 Å². The van der Waals surface area contributed by atoms with Gasteiger partial charge in [-0.15, -0.1) is 0 Å². The number of quaternary nitrogens is 1. The minimum Gasteiger partial charge on any atom is -0.440 e. The van der Waals surface area contributed by atoms with Crippen LogP contribution in [0.3, 0.4) is 0 Å². The summed E-state index contributed by atoms with van der Waals surface area (Å²) in [6, 6.07) is 20.5. The molecule has 5 rings (SSSR count). The molecule has 3 saturated heterocycles. The first-order valence-electron chi connectivity index (χ1n) is 12.3. The molecule has 0 aliphatic carbocycles. The fourth-order valence-corrected chi connectivity index (χ4v) is 5.23. The summed E-state index contributed by atoms with van der Waals surface area (Å²) >= 11 is 0. The number of hydrogen-bond acceptors (Lipinski definition) is 2. The van der Waals surface area contributed by atoms with Gasteiger partial charge in [0.1, 0.15) is 6.54 Å². The topological polar surface area (TPSA) is 29.5 Å². The number of nitrogens with zero attached hydrogens (tertiary/aromatic N) is 2. The number of benzene rings is 2. The quantitative estimate of drug-likeness (QED) is 0.351. The molecular weight excluding hydrogens is 396 g/mol. The molecule has 0 radical (unpaired) electrons. The maximum Gasteiger partial charge on any atom is 0.414 e. The predicted molar refractivity (Wildman–Crippen MR) is 132 cm³/mol. The average Bonchev–Trinajstić information content (AvgIpc) is 2.84. The van der Waals surface area contributed by atoms with Gasteiger partial charge in [0.15, 0.2) is 6.10 Å². The third-order valence-corrected chi connectivity index (χ3v) is 7.17. The standard InChI is InChI=1S/C28H37N2O2/c1-2-3-10-19-29(26-15-8-5-9-16-26)28(31)32-27-23-30(21-17-25(27)18-22-30)20-11-14-24-12-6-4-7-13-24/h4-9,11-16,25,27H,2-3,10,17-23H2,1H3/q+1/t25?,27-,30?/m0/s1. The summed E-state index contributed by atoms with van der Waals surface area (Å²) in [5, 5.41) is 0. The summed E-state index contributed by atoms with van der Waals surface area (Å²) in [6.07, 6.45) is 9.93. The molecule has 0 N–H and O–H groups in total. The van der Waals surface area contributed by atoms with Crippen molar-refractivity contribution < 1.29 is 14.0 Å². The highest BCUT2D eigenvalue weighted by atomic mass is 16.6. The van der Waals surface area contributed by atoms with E-state index in [2.05, 4.69) is 49.4 Å². The van der Waals surface area contributed by atoms with Crippen molar-refractivity contribution in [3.05, 3.63) is 72.3 Å². The fraction of sp³-hybridized carbons (Fsp3) is 0.464. The third-order valence-electron chi connectivity index (χ3n) is 7.17. The van der Waals surface area contributed by atoms with Crippen LogP contribution in [0.5, 0.6) is 0 Å². The first kappa shape index (κ1) is 22.6. The van der Waals surface area contributed by atoms with Crippen LogP contribution in [-0.2, 0) is 4.74 Å². The zero-order valence-electron chi connectivity index (χ0n) is 19.4. The minimum atomic E-state index is -0.177. The molecule has 170 valence electrons. The molecule has 0 spiro atoms. The summed E-state index contributed by atoms with van der Waals surface area (Å²) in [5.41, 5.74) is 2.18. The number of fused-ring (bicyclic) bond motifs is 3. The van der Waals surface area contributed by atoms with Crippen LogP contribution in [0.15, 0.2) is 66.7 Å². The number of amides is 1. The van der Waals surface area contributed by atoms with Crippen LogP contribution in [0.2, 0.25) is 0 Å². The van der Waals surface area contributed by atoms with Crippen molar-refractivity contribution >= 4 is 17.9 Å². The number of hydrogen-bond donors (Lipinski definition) is 0. The van der Waals surface area contributed by atoms with Gasteiger partial charge in [0.2, 0.25) is 0 Å². The Morgan fingerprint density at radius 3 is 2.41 bits per heavy atom. The van der Waals surface area contributed by atoms with E-state index >= 15 is 0 Å². The summed E-state index contributed by atoms with van der Waals surface area (Å²) in [7, 11) is 0. The number of rotatable bonds is 9. The number of carbonyl (C=O) groups is 1. The van der Waals surface area contributed by atoms with E-state index in [4.69, 9.17) is 4.74 Å². The fourth-order valence-electron chi connectivity index (χ4n) is 5.23. The lowest BCUT2D eigenvalue weighted by Crippen LogP contribution is -2.64. The summed E-state index contributed by atoms with van der Waals surface area (Å²) < 4.78 is 7.25. The smallest absolute Gasteiger partial charge is 0.414 e. The Bertz CT molecular complexity index is 873. The molecule has 3 fully saturated rings. The van der Waals surface area contributed by atoms with Gasteiger partial charge in [-0.05, 0) is 30.2 Å². The highest BCUT2D eigenvalue weighted by Gasteiger charge is 2.47. The van der Waals surface area contributed by atoms with Crippen LogP contribution in [0.1, 0.15) is 44.6 Å². The second kappa shape index (κ2) is 10.8. The molecule has 4 nitrogen and oxygen atoms in total. The van der Waals surface area contributed by atoms with Gasteiger partial charge < -0.3 is 9.22 Å². The molecule has 0 unspecified atom stereocenters. The molecule has 3 heterocycles. The van der Waals surface area contributed by atoms with Gasteiger partial charge in [-0.3, -0.25) is 4.90 Å². The third kappa shape index (κ3) is 5.60. The predicted octanol–water partition coefficient (Wildman–Crippen LogP) is 6.14. The first-order chi connectivity index (χ1) is 15.7. The van der Waals surface area contributed by atoms with Gasteiger partial charge in [0, 0.05) is 31.0 Å². The summed E-state index contributed by atoms with van der Waals surface area (Å²) in [4.78, 5) is 15.1. The zero-order valence-corrected chi connectivity index (χ0v) is 19.4. The highest BCUT2D eigenvalue weighted by molar-refractivity contribution is 5.87. The Hall–Kier alpha value is -2.59. The van der Waals surface area contributed by atoms with Crippen LogP contribution in [0, 0.1) is 5.92 Å². The molecule has 2 aromatic carbocycles. The van der Waals surface area contributed by atoms with E-state index in [0.717, 1.165) is 55.4 Å². The SMILES string of the molecule is CCCCCN(C(=O)O[C@H]1C[N+]2(CC=Cc3ccccc3)CCC1CC2)c1ccccc1. The molecule has 1 amide bonds. The van der Waals surface area contributed by atoms with Gasteiger partial charge >= 0.3 is 6.09 Å². The Labute approximate surface area is 193 Å². The van der Waals surface area contributed by atoms with E-state index in [1.807, 2.05) is 35.2 Å². The molecule has 3 aliphatic rings. The number of anilines is 1. The number of unbranched alkanes of at least 4 members (excludes halogenated alkanes) is 2. The Morgan fingerprint density at radius 2 is 1.72 bits per heavy atom. The van der Waals surface area contributed by atoms with Crippen molar-refractivity contribution in [2.45, 2.75) is 45.1 Å². The molecule has 4 heteroatoms. The van der Waals surface area contributed by atoms with E-state index in [-0.39, 0.29) is 12.2 Å². The van der Waals surface area contributed by atoms with Crippen LogP contribution in [0.25, 0.3) is 6.08 Å². The largest absolute Gasteiger partial charge is 0.440 e. The number of piperidine rings is 3. The maximum atomic E-state index is 13.3. The van der Waals surface area contributed by atoms with Crippen LogP contribution >= 0.6 is 0 Å². The van der Waals surface area contributed by atoms with E-state index in [0.29, 0.717) is 12.5 Å². The normalized spacial score (nSPS) is 24.5. The second-order valence-electron chi connectivity index (χ2n) is 9.42. The lowest BCUT2D eigenvalue weighted by Gasteiger charge is -2.51. The van der Waals surface area contributed by atoms with Crippen LogP contribution in [0.4, 0.5) is 10.5 Å². The number of ether oxygens (including phenoxy) is 1. The first-order valence-corrected chi connectivity index (χ1v) is 12.3.